The molecule has 1 amide bonds. The smallest absolute Gasteiger partial charge is 0.404 e. The summed E-state index contributed by atoms with van der Waals surface area (Å²) in [6.45, 7) is 5.64. The summed E-state index contributed by atoms with van der Waals surface area (Å²) in [6.07, 6.45) is 4.51. The molecule has 3 N–H and O–H groups in total. The molecule has 1 saturated carbocycles. The van der Waals surface area contributed by atoms with Gasteiger partial charge in [-0.2, -0.15) is 0 Å². The van der Waals surface area contributed by atoms with Gasteiger partial charge in [-0.15, -0.1) is 0 Å². The minimum absolute atomic E-state index is 0.372. The molecule has 0 aromatic heterocycles. The highest BCUT2D eigenvalue weighted by molar-refractivity contribution is 5.64. The van der Waals surface area contributed by atoms with Crippen LogP contribution < -0.4 is 11.1 Å². The lowest BCUT2D eigenvalue weighted by Crippen LogP contribution is -2.42. The van der Waals surface area contributed by atoms with Gasteiger partial charge in [-0.3, -0.25) is 0 Å². The van der Waals surface area contributed by atoms with Gasteiger partial charge in [-0.25, -0.2) is 4.79 Å². The van der Waals surface area contributed by atoms with Gasteiger partial charge in [0.05, 0.1) is 0 Å². The number of ether oxygens (including phenoxy) is 1. The Kier molecular flexibility index (Phi) is 5.60. The van der Waals surface area contributed by atoms with Crippen molar-refractivity contribution in [3.63, 3.8) is 0 Å². The summed E-state index contributed by atoms with van der Waals surface area (Å²) in [5.74, 6) is 1.47. The minimum Gasteiger partial charge on any atom is -0.448 e. The van der Waals surface area contributed by atoms with Crippen LogP contribution in [0.4, 0.5) is 4.79 Å². The lowest BCUT2D eigenvalue weighted by Gasteiger charge is -2.35. The molecule has 1 rings (SSSR count). The summed E-state index contributed by atoms with van der Waals surface area (Å²) in [6, 6.07) is 0.574. The fraction of sp³-hybridized carbons (Fsp3) is 0.917. The van der Waals surface area contributed by atoms with Gasteiger partial charge in [-0.05, 0) is 24.7 Å². The summed E-state index contributed by atoms with van der Waals surface area (Å²) in [7, 11) is 0. The van der Waals surface area contributed by atoms with Gasteiger partial charge in [0.25, 0.3) is 0 Å². The summed E-state index contributed by atoms with van der Waals surface area (Å²) in [5.41, 5.74) is 4.90. The topological polar surface area (TPSA) is 64.3 Å². The molecule has 1 aliphatic rings. The summed E-state index contributed by atoms with van der Waals surface area (Å²) < 4.78 is 4.70. The van der Waals surface area contributed by atoms with Crippen molar-refractivity contribution in [3.8, 4) is 0 Å². The van der Waals surface area contributed by atoms with E-state index >= 15 is 0 Å². The first kappa shape index (κ1) is 13.3. The van der Waals surface area contributed by atoms with E-state index in [4.69, 9.17) is 10.5 Å². The number of carbonyl (C=O) groups is 1. The molecule has 1 fully saturated rings. The molecule has 0 spiro atoms. The third-order valence-electron chi connectivity index (χ3n) is 3.43. The largest absolute Gasteiger partial charge is 0.448 e. The first-order valence-electron chi connectivity index (χ1n) is 6.27. The zero-order valence-corrected chi connectivity index (χ0v) is 10.4. The monoisotopic (exact) mass is 228 g/mol. The molecular weight excluding hydrogens is 204 g/mol. The van der Waals surface area contributed by atoms with Crippen LogP contribution in [0.15, 0.2) is 0 Å². The molecule has 0 aromatic carbocycles. The molecular formula is C12H24N2O2. The molecule has 2 atom stereocenters. The second-order valence-electron chi connectivity index (χ2n) is 4.92. The van der Waals surface area contributed by atoms with Gasteiger partial charge in [-0.1, -0.05) is 26.7 Å². The lowest BCUT2D eigenvalue weighted by atomic mass is 9.78. The zero-order valence-electron chi connectivity index (χ0n) is 10.4. The Morgan fingerprint density at radius 1 is 1.44 bits per heavy atom. The average molecular weight is 228 g/mol. The van der Waals surface area contributed by atoms with E-state index in [1.807, 2.05) is 0 Å². The fourth-order valence-electron chi connectivity index (χ4n) is 2.61. The number of rotatable bonds is 5. The SMILES string of the molecule is CC(C)C1CCCCC1NCCOC(N)=O. The van der Waals surface area contributed by atoms with Crippen LogP contribution in [0.25, 0.3) is 0 Å². The Morgan fingerprint density at radius 2 is 2.12 bits per heavy atom. The number of primary amides is 1. The van der Waals surface area contributed by atoms with E-state index in [0.717, 1.165) is 11.8 Å². The van der Waals surface area contributed by atoms with Crippen LogP contribution in [0.1, 0.15) is 39.5 Å². The van der Waals surface area contributed by atoms with Crippen molar-refractivity contribution in [2.75, 3.05) is 13.2 Å². The highest BCUT2D eigenvalue weighted by atomic mass is 16.5. The zero-order chi connectivity index (χ0) is 12.0. The number of amides is 1. The molecule has 0 bridgehead atoms. The maximum Gasteiger partial charge on any atom is 0.404 e. The van der Waals surface area contributed by atoms with Crippen molar-refractivity contribution in [1.82, 2.24) is 5.32 Å². The van der Waals surface area contributed by atoms with Gasteiger partial charge in [0, 0.05) is 12.6 Å². The Labute approximate surface area is 97.9 Å². The Bertz CT molecular complexity index is 219. The molecule has 0 aromatic rings. The molecule has 2 unspecified atom stereocenters. The second kappa shape index (κ2) is 6.74. The number of hydrogen-bond donors (Lipinski definition) is 2. The van der Waals surface area contributed by atoms with Crippen LogP contribution in [0.2, 0.25) is 0 Å². The Morgan fingerprint density at radius 3 is 2.75 bits per heavy atom. The van der Waals surface area contributed by atoms with Gasteiger partial charge in [0.15, 0.2) is 0 Å². The van der Waals surface area contributed by atoms with E-state index in [1.165, 1.54) is 25.7 Å². The second-order valence-corrected chi connectivity index (χ2v) is 4.92. The molecule has 0 aliphatic heterocycles. The summed E-state index contributed by atoms with van der Waals surface area (Å²) >= 11 is 0. The molecule has 4 nitrogen and oxygen atoms in total. The molecule has 16 heavy (non-hydrogen) atoms. The van der Waals surface area contributed by atoms with Crippen molar-refractivity contribution in [1.29, 1.82) is 0 Å². The number of nitrogens with two attached hydrogens (primary N) is 1. The van der Waals surface area contributed by atoms with E-state index in [1.54, 1.807) is 0 Å². The van der Waals surface area contributed by atoms with Crippen molar-refractivity contribution in [3.05, 3.63) is 0 Å². The third kappa shape index (κ3) is 4.39. The molecule has 0 saturated heterocycles. The predicted molar refractivity (Wildman–Crippen MR) is 64.1 cm³/mol. The van der Waals surface area contributed by atoms with Crippen molar-refractivity contribution in [2.45, 2.75) is 45.6 Å². The van der Waals surface area contributed by atoms with Crippen molar-refractivity contribution in [2.24, 2.45) is 17.6 Å². The van der Waals surface area contributed by atoms with Gasteiger partial charge in [0.1, 0.15) is 6.61 Å². The molecule has 0 heterocycles. The van der Waals surface area contributed by atoms with Crippen LogP contribution in [-0.4, -0.2) is 25.3 Å². The minimum atomic E-state index is -0.689. The highest BCUT2D eigenvalue weighted by Crippen LogP contribution is 2.29. The van der Waals surface area contributed by atoms with Crippen molar-refractivity contribution < 1.29 is 9.53 Å². The summed E-state index contributed by atoms with van der Waals surface area (Å²) in [4.78, 5) is 10.4. The molecule has 4 heteroatoms. The highest BCUT2D eigenvalue weighted by Gasteiger charge is 2.26. The summed E-state index contributed by atoms with van der Waals surface area (Å²) in [5, 5.41) is 3.48. The quantitative estimate of drug-likeness (QED) is 0.706. The molecule has 0 radical (unpaired) electrons. The van der Waals surface area contributed by atoms with Crippen LogP contribution in [-0.2, 0) is 4.74 Å². The van der Waals surface area contributed by atoms with Gasteiger partial charge < -0.3 is 15.8 Å². The van der Waals surface area contributed by atoms with E-state index in [2.05, 4.69) is 19.2 Å². The predicted octanol–water partition coefficient (Wildman–Crippen LogP) is 1.89. The standard InChI is InChI=1S/C12H24N2O2/c1-9(2)10-5-3-4-6-11(10)14-7-8-16-12(13)15/h9-11,14H,3-8H2,1-2H3,(H2,13,15). The molecule has 94 valence electrons. The first-order chi connectivity index (χ1) is 7.61. The van der Waals surface area contributed by atoms with Crippen LogP contribution in [0.3, 0.4) is 0 Å². The van der Waals surface area contributed by atoms with E-state index in [9.17, 15) is 4.79 Å². The van der Waals surface area contributed by atoms with E-state index in [0.29, 0.717) is 19.2 Å². The fourth-order valence-corrected chi connectivity index (χ4v) is 2.61. The van der Waals surface area contributed by atoms with Crippen LogP contribution in [0, 0.1) is 11.8 Å². The van der Waals surface area contributed by atoms with E-state index in [-0.39, 0.29) is 0 Å². The maximum atomic E-state index is 10.4. The number of hydrogen-bond acceptors (Lipinski definition) is 3. The van der Waals surface area contributed by atoms with E-state index < -0.39 is 6.09 Å². The van der Waals surface area contributed by atoms with Gasteiger partial charge in [0.2, 0.25) is 0 Å². The first-order valence-corrected chi connectivity index (χ1v) is 6.27. The third-order valence-corrected chi connectivity index (χ3v) is 3.43. The van der Waals surface area contributed by atoms with Crippen LogP contribution >= 0.6 is 0 Å². The average Bonchev–Trinajstić information content (AvgIpc) is 2.24. The Hall–Kier alpha value is -0.770. The van der Waals surface area contributed by atoms with Crippen molar-refractivity contribution >= 4 is 6.09 Å². The maximum absolute atomic E-state index is 10.4. The lowest BCUT2D eigenvalue weighted by molar-refractivity contribution is 0.148. The molecule has 1 aliphatic carbocycles. The normalized spacial score (nSPS) is 25.7. The number of nitrogens with one attached hydrogen (secondary N) is 1. The van der Waals surface area contributed by atoms with Gasteiger partial charge >= 0.3 is 6.09 Å². The Balaban J connectivity index is 2.24. The number of carbonyl (C=O) groups excluding carboxylic acids is 1. The van der Waals surface area contributed by atoms with Crippen LogP contribution in [0.5, 0.6) is 0 Å².